The van der Waals surface area contributed by atoms with Crippen molar-refractivity contribution in [1.82, 2.24) is 14.3 Å². The van der Waals surface area contributed by atoms with Gasteiger partial charge >= 0.3 is 0 Å². The molecule has 2 unspecified atom stereocenters. The van der Waals surface area contributed by atoms with Gasteiger partial charge in [-0.2, -0.15) is 0 Å². The normalized spacial score (nSPS) is 15.8. The van der Waals surface area contributed by atoms with Crippen molar-refractivity contribution in [3.63, 3.8) is 0 Å². The first-order valence-electron chi connectivity index (χ1n) is 5.17. The van der Waals surface area contributed by atoms with Gasteiger partial charge in [0.1, 0.15) is 5.82 Å². The van der Waals surface area contributed by atoms with Crippen molar-refractivity contribution in [1.29, 1.82) is 0 Å². The fourth-order valence-electron chi connectivity index (χ4n) is 1.11. The van der Waals surface area contributed by atoms with Crippen LogP contribution in [0.25, 0.3) is 0 Å². The van der Waals surface area contributed by atoms with Crippen molar-refractivity contribution in [2.75, 3.05) is 6.54 Å². The Balaban J connectivity index is 2.76. The van der Waals surface area contributed by atoms with E-state index in [9.17, 15) is 8.42 Å². The fourth-order valence-corrected chi connectivity index (χ4v) is 2.22. The van der Waals surface area contributed by atoms with Crippen LogP contribution in [0, 0.1) is 6.92 Å². The van der Waals surface area contributed by atoms with Gasteiger partial charge in [-0.15, -0.1) is 0 Å². The smallest absolute Gasteiger partial charge is 0.259 e. The summed E-state index contributed by atoms with van der Waals surface area (Å²) in [6.07, 6.45) is 0.647. The average Bonchev–Trinajstić information content (AvgIpc) is 2.56. The Bertz CT molecular complexity index is 461. The molecule has 0 aliphatic heterocycles. The molecule has 0 saturated carbocycles. The molecule has 0 bridgehead atoms. The molecule has 0 aliphatic rings. The Labute approximate surface area is 101 Å². The van der Waals surface area contributed by atoms with E-state index in [1.165, 1.54) is 13.1 Å². The monoisotopic (exact) mass is 262 g/mol. The molecule has 0 saturated heterocycles. The first kappa shape index (κ1) is 14.1. The zero-order valence-electron chi connectivity index (χ0n) is 10.1. The number of nitrogens with one attached hydrogen (secondary N) is 1. The number of aliphatic hydroxyl groups is 1. The number of nitrogens with zero attached hydrogens (tertiary/aromatic N) is 2. The summed E-state index contributed by atoms with van der Waals surface area (Å²) in [4.78, 5) is 3.91. The van der Waals surface area contributed by atoms with Crippen LogP contribution in [0.1, 0.15) is 12.7 Å². The van der Waals surface area contributed by atoms with E-state index in [1.54, 1.807) is 18.5 Å². The lowest BCUT2D eigenvalue weighted by Gasteiger charge is -2.14. The summed E-state index contributed by atoms with van der Waals surface area (Å²) in [6, 6.07) is -0.644. The lowest BCUT2D eigenvalue weighted by molar-refractivity contribution is 0.164. The zero-order chi connectivity index (χ0) is 13.2. The highest BCUT2D eigenvalue weighted by atomic mass is 32.2. The van der Waals surface area contributed by atoms with Crippen LogP contribution in [0.3, 0.4) is 0 Å². The summed E-state index contributed by atoms with van der Waals surface area (Å²) in [5.41, 5.74) is 5.53. The quantitative estimate of drug-likeness (QED) is 0.612. The largest absolute Gasteiger partial charge is 0.392 e. The molecule has 2 atom stereocenters. The molecule has 1 rings (SSSR count). The van der Waals surface area contributed by atoms with Crippen LogP contribution < -0.4 is 10.5 Å². The number of hydrogen-bond acceptors (Lipinski definition) is 5. The number of aliphatic hydroxyl groups excluding tert-OH is 1. The van der Waals surface area contributed by atoms with Crippen LogP contribution in [0.5, 0.6) is 0 Å². The van der Waals surface area contributed by atoms with Crippen molar-refractivity contribution in [3.8, 4) is 0 Å². The molecular formula is C9H18N4O3S. The molecule has 7 nitrogen and oxygen atoms in total. The summed E-state index contributed by atoms with van der Waals surface area (Å²) >= 11 is 0. The minimum Gasteiger partial charge on any atom is -0.392 e. The summed E-state index contributed by atoms with van der Waals surface area (Å²) in [5.74, 6) is 0.602. The van der Waals surface area contributed by atoms with E-state index in [0.717, 1.165) is 0 Å². The zero-order valence-corrected chi connectivity index (χ0v) is 10.9. The van der Waals surface area contributed by atoms with Crippen LogP contribution in [-0.2, 0) is 17.1 Å². The van der Waals surface area contributed by atoms with Crippen LogP contribution in [-0.4, -0.2) is 41.8 Å². The lowest BCUT2D eigenvalue weighted by atomic mass is 10.2. The van der Waals surface area contributed by atoms with Gasteiger partial charge < -0.3 is 15.4 Å². The Morgan fingerprint density at radius 3 is 2.65 bits per heavy atom. The van der Waals surface area contributed by atoms with Gasteiger partial charge in [-0.3, -0.25) is 0 Å². The van der Waals surface area contributed by atoms with E-state index in [2.05, 4.69) is 9.71 Å². The van der Waals surface area contributed by atoms with Crippen LogP contribution >= 0.6 is 0 Å². The highest BCUT2D eigenvalue weighted by Crippen LogP contribution is 2.07. The van der Waals surface area contributed by atoms with Gasteiger partial charge in [0.25, 0.3) is 10.0 Å². The highest BCUT2D eigenvalue weighted by Gasteiger charge is 2.20. The first-order chi connectivity index (χ1) is 7.74. The van der Waals surface area contributed by atoms with Crippen molar-refractivity contribution in [2.45, 2.75) is 31.0 Å². The van der Waals surface area contributed by atoms with Crippen molar-refractivity contribution >= 4 is 10.0 Å². The standard InChI is InChI=1S/C9H18N4O3S/c1-6(14)8(10)4-11-17(15,16)9-5-13(3)7(2)12-9/h5-6,8,11,14H,4,10H2,1-3H3. The molecular weight excluding hydrogens is 244 g/mol. The molecule has 1 aromatic rings. The number of hydrogen-bond donors (Lipinski definition) is 3. The van der Waals surface area contributed by atoms with Gasteiger partial charge in [0.15, 0.2) is 5.03 Å². The topological polar surface area (TPSA) is 110 Å². The molecule has 1 aromatic heterocycles. The molecule has 0 amide bonds. The number of nitrogens with two attached hydrogens (primary N) is 1. The average molecular weight is 262 g/mol. The molecule has 17 heavy (non-hydrogen) atoms. The predicted molar refractivity (Wildman–Crippen MR) is 62.8 cm³/mol. The highest BCUT2D eigenvalue weighted by molar-refractivity contribution is 7.89. The van der Waals surface area contributed by atoms with Gasteiger partial charge in [-0.05, 0) is 13.8 Å². The van der Waals surface area contributed by atoms with Crippen molar-refractivity contribution in [3.05, 3.63) is 12.0 Å². The molecule has 1 heterocycles. The van der Waals surface area contributed by atoms with E-state index in [1.807, 2.05) is 0 Å². The van der Waals surface area contributed by atoms with Gasteiger partial charge in [0.05, 0.1) is 6.10 Å². The van der Waals surface area contributed by atoms with Crippen molar-refractivity contribution < 1.29 is 13.5 Å². The maximum absolute atomic E-state index is 11.8. The van der Waals surface area contributed by atoms with Crippen LogP contribution in [0.2, 0.25) is 0 Å². The van der Waals surface area contributed by atoms with Crippen molar-refractivity contribution in [2.24, 2.45) is 12.8 Å². The summed E-state index contributed by atoms with van der Waals surface area (Å²) < 4.78 is 27.5. The number of rotatable bonds is 5. The van der Waals surface area contributed by atoms with E-state index in [4.69, 9.17) is 10.8 Å². The number of imidazole rings is 1. The molecule has 0 radical (unpaired) electrons. The van der Waals surface area contributed by atoms with Gasteiger partial charge in [-0.1, -0.05) is 0 Å². The second kappa shape index (κ2) is 5.13. The predicted octanol–water partition coefficient (Wildman–Crippen LogP) is -1.29. The summed E-state index contributed by atoms with van der Waals surface area (Å²) in [6.45, 7) is 3.18. The molecule has 8 heteroatoms. The minimum absolute atomic E-state index is 0.0321. The number of aryl methyl sites for hydroxylation is 2. The second-order valence-corrected chi connectivity index (χ2v) is 5.71. The lowest BCUT2D eigenvalue weighted by Crippen LogP contribution is -2.43. The summed E-state index contributed by atoms with van der Waals surface area (Å²) in [5, 5.41) is 9.11. The molecule has 0 aromatic carbocycles. The van der Waals surface area contributed by atoms with Gasteiger partial charge in [0.2, 0.25) is 0 Å². The van der Waals surface area contributed by atoms with Gasteiger partial charge in [0, 0.05) is 25.8 Å². The first-order valence-corrected chi connectivity index (χ1v) is 6.65. The van der Waals surface area contributed by atoms with E-state index in [0.29, 0.717) is 5.82 Å². The Hall–Kier alpha value is -0.960. The third-order valence-corrected chi connectivity index (χ3v) is 3.78. The van der Waals surface area contributed by atoms with Crippen LogP contribution in [0.15, 0.2) is 11.2 Å². The Morgan fingerprint density at radius 1 is 1.65 bits per heavy atom. The van der Waals surface area contributed by atoms with Gasteiger partial charge in [-0.25, -0.2) is 18.1 Å². The molecule has 98 valence electrons. The number of aromatic nitrogens is 2. The molecule has 4 N–H and O–H groups in total. The molecule has 0 fully saturated rings. The van der Waals surface area contributed by atoms with E-state index < -0.39 is 22.2 Å². The fraction of sp³-hybridized carbons (Fsp3) is 0.667. The third-order valence-electron chi connectivity index (χ3n) is 2.49. The maximum atomic E-state index is 11.8. The van der Waals surface area contributed by atoms with E-state index in [-0.39, 0.29) is 11.6 Å². The van der Waals surface area contributed by atoms with E-state index >= 15 is 0 Å². The third kappa shape index (κ3) is 3.50. The molecule has 0 spiro atoms. The molecule has 0 aliphatic carbocycles. The van der Waals surface area contributed by atoms with Crippen LogP contribution in [0.4, 0.5) is 0 Å². The maximum Gasteiger partial charge on any atom is 0.259 e. The number of sulfonamides is 1. The minimum atomic E-state index is -3.66. The summed E-state index contributed by atoms with van der Waals surface area (Å²) in [7, 11) is -1.95. The second-order valence-electron chi connectivity index (χ2n) is 3.99. The Morgan fingerprint density at radius 2 is 2.24 bits per heavy atom. The Kier molecular flexibility index (Phi) is 4.26. The SMILES string of the molecule is Cc1nc(S(=O)(=O)NCC(N)C(C)O)cn1C.